The second kappa shape index (κ2) is 10.0. The van der Waals surface area contributed by atoms with E-state index >= 15 is 0 Å². The number of rotatable bonds is 5. The fourth-order valence-electron chi connectivity index (χ4n) is 4.57. The normalized spacial score (nSPS) is 18.1. The highest BCUT2D eigenvalue weighted by Gasteiger charge is 2.30. The van der Waals surface area contributed by atoms with E-state index in [1.165, 1.54) is 23.5 Å². The Balaban J connectivity index is 1.17. The van der Waals surface area contributed by atoms with E-state index < -0.39 is 11.7 Å². The van der Waals surface area contributed by atoms with E-state index in [0.717, 1.165) is 72.6 Å². The quantitative estimate of drug-likeness (QED) is 0.520. The average Bonchev–Trinajstić information content (AvgIpc) is 3.29. The van der Waals surface area contributed by atoms with Crippen molar-refractivity contribution < 1.29 is 22.7 Å². The molecular formula is C25H27F3N4O2S. The van der Waals surface area contributed by atoms with Crippen molar-refractivity contribution in [2.24, 2.45) is 0 Å². The Labute approximate surface area is 205 Å². The number of halogens is 3. The number of fused-ring (bicyclic) bond motifs is 1. The fraction of sp³-hybridized carbons (Fsp3) is 0.440. The lowest BCUT2D eigenvalue weighted by Crippen LogP contribution is -2.42. The first-order valence-corrected chi connectivity index (χ1v) is 12.7. The van der Waals surface area contributed by atoms with Crippen LogP contribution in [0.2, 0.25) is 0 Å². The van der Waals surface area contributed by atoms with Crippen molar-refractivity contribution in [3.8, 4) is 5.75 Å². The molecule has 1 amide bonds. The molecule has 6 nitrogen and oxygen atoms in total. The molecule has 0 saturated carbocycles. The summed E-state index contributed by atoms with van der Waals surface area (Å²) >= 11 is 1.36. The molecule has 2 N–H and O–H groups in total. The zero-order valence-electron chi connectivity index (χ0n) is 19.1. The lowest BCUT2D eigenvalue weighted by Gasteiger charge is -2.33. The minimum Gasteiger partial charge on any atom is -0.490 e. The first-order valence-electron chi connectivity index (χ1n) is 11.9. The van der Waals surface area contributed by atoms with E-state index in [2.05, 4.69) is 20.5 Å². The Hall–Kier alpha value is -2.85. The molecule has 0 unspecified atom stereocenters. The lowest BCUT2D eigenvalue weighted by atomic mass is 10.1. The van der Waals surface area contributed by atoms with Gasteiger partial charge in [0.25, 0.3) is 5.91 Å². The number of anilines is 1. The van der Waals surface area contributed by atoms with Gasteiger partial charge in [0, 0.05) is 37.7 Å². The van der Waals surface area contributed by atoms with Crippen LogP contribution >= 0.6 is 11.3 Å². The summed E-state index contributed by atoms with van der Waals surface area (Å²) in [4.78, 5) is 19.2. The van der Waals surface area contributed by atoms with Gasteiger partial charge in [0.15, 0.2) is 5.01 Å². The predicted octanol–water partition coefficient (Wildman–Crippen LogP) is 4.84. The molecule has 2 fully saturated rings. The zero-order valence-corrected chi connectivity index (χ0v) is 19.9. The van der Waals surface area contributed by atoms with Crippen molar-refractivity contribution in [1.82, 2.24) is 15.6 Å². The van der Waals surface area contributed by atoms with Gasteiger partial charge >= 0.3 is 6.18 Å². The van der Waals surface area contributed by atoms with E-state index in [4.69, 9.17) is 4.74 Å². The van der Waals surface area contributed by atoms with Gasteiger partial charge in [0.05, 0.1) is 15.8 Å². The number of nitrogens with zero attached hydrogens (tertiary/aromatic N) is 2. The van der Waals surface area contributed by atoms with Crippen molar-refractivity contribution in [3.05, 3.63) is 53.0 Å². The highest BCUT2D eigenvalue weighted by Crippen LogP contribution is 2.32. The van der Waals surface area contributed by atoms with Crippen LogP contribution < -0.4 is 20.3 Å². The van der Waals surface area contributed by atoms with Gasteiger partial charge < -0.3 is 20.3 Å². The van der Waals surface area contributed by atoms with Crippen molar-refractivity contribution in [2.75, 3.05) is 31.1 Å². The third-order valence-corrected chi connectivity index (χ3v) is 7.55. The van der Waals surface area contributed by atoms with E-state index in [-0.39, 0.29) is 18.1 Å². The van der Waals surface area contributed by atoms with Crippen molar-refractivity contribution >= 4 is 33.1 Å². The van der Waals surface area contributed by atoms with E-state index in [1.807, 2.05) is 18.2 Å². The Kier molecular flexibility index (Phi) is 6.84. The number of carbonyl (C=O) groups is 1. The van der Waals surface area contributed by atoms with Crippen LogP contribution in [0.1, 0.15) is 41.0 Å². The number of piperidine rings is 2. The predicted molar refractivity (Wildman–Crippen MR) is 130 cm³/mol. The molecule has 3 aromatic rings. The van der Waals surface area contributed by atoms with Crippen molar-refractivity contribution in [2.45, 2.75) is 44.0 Å². The first-order chi connectivity index (χ1) is 16.8. The van der Waals surface area contributed by atoms with Gasteiger partial charge in [-0.2, -0.15) is 13.2 Å². The highest BCUT2D eigenvalue weighted by molar-refractivity contribution is 7.20. The second-order valence-electron chi connectivity index (χ2n) is 9.00. The average molecular weight is 505 g/mol. The highest BCUT2D eigenvalue weighted by atomic mass is 32.1. The molecule has 5 rings (SSSR count). The molecule has 0 atom stereocenters. The van der Waals surface area contributed by atoms with Gasteiger partial charge in [-0.15, -0.1) is 11.3 Å². The van der Waals surface area contributed by atoms with E-state index in [1.54, 1.807) is 0 Å². The summed E-state index contributed by atoms with van der Waals surface area (Å²) < 4.78 is 45.5. The summed E-state index contributed by atoms with van der Waals surface area (Å²) in [5.74, 6) is 0.607. The second-order valence-corrected chi connectivity index (χ2v) is 10.0. The molecule has 35 heavy (non-hydrogen) atoms. The number of hydrogen-bond acceptors (Lipinski definition) is 6. The monoisotopic (exact) mass is 504 g/mol. The molecule has 10 heteroatoms. The van der Waals surface area contributed by atoms with Crippen molar-refractivity contribution in [1.29, 1.82) is 0 Å². The molecule has 0 spiro atoms. The molecule has 2 aliphatic rings. The van der Waals surface area contributed by atoms with Gasteiger partial charge in [0.1, 0.15) is 11.9 Å². The molecule has 2 aliphatic heterocycles. The maximum Gasteiger partial charge on any atom is 0.416 e. The third kappa shape index (κ3) is 5.70. The summed E-state index contributed by atoms with van der Waals surface area (Å²) in [6.07, 6.45) is -0.916. The van der Waals surface area contributed by atoms with Crippen LogP contribution in [0.25, 0.3) is 10.2 Å². The Bertz CT molecular complexity index is 1170. The molecule has 0 bridgehead atoms. The molecule has 0 aliphatic carbocycles. The number of hydrogen-bond donors (Lipinski definition) is 2. The lowest BCUT2D eigenvalue weighted by molar-refractivity contribution is -0.137. The van der Waals surface area contributed by atoms with Crippen molar-refractivity contribution in [3.63, 3.8) is 0 Å². The fourth-order valence-corrected chi connectivity index (χ4v) is 5.47. The molecule has 3 heterocycles. The first kappa shape index (κ1) is 23.9. The summed E-state index contributed by atoms with van der Waals surface area (Å²) in [5.41, 5.74) is 0.928. The van der Waals surface area contributed by atoms with Gasteiger partial charge in [-0.3, -0.25) is 4.79 Å². The third-order valence-electron chi connectivity index (χ3n) is 6.53. The minimum atomic E-state index is -4.32. The number of aromatic nitrogens is 1. The van der Waals surface area contributed by atoms with Gasteiger partial charge in [-0.1, -0.05) is 0 Å². The number of thiazole rings is 1. The molecule has 2 saturated heterocycles. The molecule has 2 aromatic carbocycles. The standard InChI is InChI=1S/C25H27F3N4O2S/c26-25(27,28)16-1-3-18(4-2-16)32-13-9-19(10-14-32)34-20-5-6-21-22(15-20)35-24(31-21)23(33)30-17-7-11-29-12-8-17/h1-6,15,17,19,29H,7-14H2,(H,30,33). The SMILES string of the molecule is O=C(NC1CCNCC1)c1nc2ccc(OC3CCN(c4ccc(C(F)(F)F)cc4)CC3)cc2s1. The van der Waals surface area contributed by atoms with Crippen LogP contribution in [-0.4, -0.2) is 49.2 Å². The van der Waals surface area contributed by atoms with Crippen LogP contribution in [0, 0.1) is 0 Å². The largest absolute Gasteiger partial charge is 0.490 e. The molecular weight excluding hydrogens is 477 g/mol. The smallest absolute Gasteiger partial charge is 0.416 e. The summed E-state index contributed by atoms with van der Waals surface area (Å²) in [5, 5.41) is 6.83. The van der Waals surface area contributed by atoms with Crippen LogP contribution in [0.5, 0.6) is 5.75 Å². The summed E-state index contributed by atoms with van der Waals surface area (Å²) in [6, 6.07) is 11.2. The minimum absolute atomic E-state index is 0.0220. The van der Waals surface area contributed by atoms with Crippen LogP contribution in [0.15, 0.2) is 42.5 Å². The van der Waals surface area contributed by atoms with Gasteiger partial charge in [-0.05, 0) is 68.4 Å². The summed E-state index contributed by atoms with van der Waals surface area (Å²) in [7, 11) is 0. The Morgan fingerprint density at radius 3 is 2.46 bits per heavy atom. The van der Waals surface area contributed by atoms with Crippen LogP contribution in [0.3, 0.4) is 0 Å². The van der Waals surface area contributed by atoms with Crippen LogP contribution in [0.4, 0.5) is 18.9 Å². The number of carbonyl (C=O) groups excluding carboxylic acids is 1. The zero-order chi connectivity index (χ0) is 24.4. The number of ether oxygens (including phenoxy) is 1. The Morgan fingerprint density at radius 1 is 1.06 bits per heavy atom. The molecule has 1 aromatic heterocycles. The van der Waals surface area contributed by atoms with Gasteiger partial charge in [-0.25, -0.2) is 4.98 Å². The Morgan fingerprint density at radius 2 is 1.77 bits per heavy atom. The number of alkyl halides is 3. The van der Waals surface area contributed by atoms with Gasteiger partial charge in [0.2, 0.25) is 0 Å². The van der Waals surface area contributed by atoms with Crippen LogP contribution in [-0.2, 0) is 6.18 Å². The molecule has 186 valence electrons. The maximum atomic E-state index is 12.8. The number of nitrogens with one attached hydrogen (secondary N) is 2. The number of benzene rings is 2. The maximum absolute atomic E-state index is 12.8. The summed E-state index contributed by atoms with van der Waals surface area (Å²) in [6.45, 7) is 3.24. The topological polar surface area (TPSA) is 66.5 Å². The van der Waals surface area contributed by atoms with E-state index in [0.29, 0.717) is 18.1 Å². The number of amides is 1. The molecule has 0 radical (unpaired) electrons. The van der Waals surface area contributed by atoms with E-state index in [9.17, 15) is 18.0 Å².